The molecule has 2 heterocycles. The van der Waals surface area contributed by atoms with E-state index in [1.807, 2.05) is 30.3 Å². The van der Waals surface area contributed by atoms with Gasteiger partial charge >= 0.3 is 0 Å². The molecule has 2 aromatic rings. The maximum atomic E-state index is 13.1. The number of aliphatic hydroxyl groups excluding tert-OH is 1. The van der Waals surface area contributed by atoms with Crippen LogP contribution in [0.15, 0.2) is 60.2 Å². The van der Waals surface area contributed by atoms with Crippen molar-refractivity contribution < 1.29 is 24.2 Å². The summed E-state index contributed by atoms with van der Waals surface area (Å²) in [7, 11) is 1.57. The Morgan fingerprint density at radius 1 is 1.06 bits per heavy atom. The maximum Gasteiger partial charge on any atom is 0.295 e. The lowest BCUT2D eigenvalue weighted by Crippen LogP contribution is -2.38. The second-order valence-electron chi connectivity index (χ2n) is 7.94. The first-order valence-electron chi connectivity index (χ1n) is 10.9. The van der Waals surface area contributed by atoms with Crippen LogP contribution < -0.4 is 4.74 Å². The predicted octanol–water partition coefficient (Wildman–Crippen LogP) is 2.84. The van der Waals surface area contributed by atoms with Crippen LogP contribution in [0.5, 0.6) is 5.75 Å². The molecule has 7 heteroatoms. The van der Waals surface area contributed by atoms with E-state index >= 15 is 0 Å². The van der Waals surface area contributed by atoms with Crippen molar-refractivity contribution >= 4 is 17.4 Å². The zero-order valence-corrected chi connectivity index (χ0v) is 18.2. The zero-order valence-electron chi connectivity index (χ0n) is 18.2. The van der Waals surface area contributed by atoms with Crippen LogP contribution in [0.2, 0.25) is 0 Å². The molecule has 0 saturated carbocycles. The Kier molecular flexibility index (Phi) is 6.87. The molecular formula is C25H28N2O5. The van der Waals surface area contributed by atoms with Crippen LogP contribution in [0.4, 0.5) is 0 Å². The number of carbonyl (C=O) groups is 2. The molecule has 1 amide bonds. The number of likely N-dealkylation sites (tertiary alicyclic amines) is 1. The van der Waals surface area contributed by atoms with E-state index in [1.165, 1.54) is 0 Å². The first kappa shape index (κ1) is 22.0. The highest BCUT2D eigenvalue weighted by Crippen LogP contribution is 2.40. The molecule has 2 saturated heterocycles. The van der Waals surface area contributed by atoms with Crippen molar-refractivity contribution in [1.82, 2.24) is 9.80 Å². The number of carbonyl (C=O) groups excluding carboxylic acids is 2. The van der Waals surface area contributed by atoms with E-state index < -0.39 is 17.7 Å². The van der Waals surface area contributed by atoms with E-state index in [-0.39, 0.29) is 11.3 Å². The highest BCUT2D eigenvalue weighted by Gasteiger charge is 2.45. The molecule has 2 aliphatic rings. The number of amides is 1. The van der Waals surface area contributed by atoms with Gasteiger partial charge in [-0.15, -0.1) is 0 Å². The van der Waals surface area contributed by atoms with Gasteiger partial charge in [0.2, 0.25) is 0 Å². The number of methoxy groups -OCH3 is 1. The molecule has 4 rings (SSSR count). The normalized spacial score (nSPS) is 21.2. The lowest BCUT2D eigenvalue weighted by Gasteiger charge is -2.29. The summed E-state index contributed by atoms with van der Waals surface area (Å²) in [6, 6.07) is 15.5. The van der Waals surface area contributed by atoms with Gasteiger partial charge in [-0.25, -0.2) is 0 Å². The third-order valence-corrected chi connectivity index (χ3v) is 5.97. The van der Waals surface area contributed by atoms with Crippen molar-refractivity contribution in [3.63, 3.8) is 0 Å². The Balaban J connectivity index is 1.67. The minimum atomic E-state index is -0.671. The first-order valence-corrected chi connectivity index (χ1v) is 10.9. The average Bonchev–Trinajstić information content (AvgIpc) is 3.10. The Hall–Kier alpha value is -3.16. The standard InChI is InChI=1S/C25H28N2O5/c1-31-20-10-5-9-19(17-20)22-21(23(28)18-7-3-2-4-8-18)24(29)25(30)27(22)12-6-11-26-13-15-32-16-14-26/h2-5,7-10,17,22,28H,6,11-16H2,1H3/b23-21-. The molecule has 0 aliphatic carbocycles. The molecule has 0 radical (unpaired) electrons. The smallest absolute Gasteiger partial charge is 0.295 e. The van der Waals surface area contributed by atoms with Gasteiger partial charge < -0.3 is 19.5 Å². The van der Waals surface area contributed by atoms with Crippen molar-refractivity contribution in [2.24, 2.45) is 0 Å². The third kappa shape index (κ3) is 4.54. The van der Waals surface area contributed by atoms with Gasteiger partial charge in [-0.05, 0) is 24.1 Å². The molecule has 1 unspecified atom stereocenters. The fraction of sp³-hybridized carbons (Fsp3) is 0.360. The first-order chi connectivity index (χ1) is 15.6. The topological polar surface area (TPSA) is 79.3 Å². The fourth-order valence-corrected chi connectivity index (χ4v) is 4.31. The SMILES string of the molecule is COc1cccc(C2/C(=C(/O)c3ccccc3)C(=O)C(=O)N2CCCN2CCOCC2)c1. The molecule has 1 atom stereocenters. The van der Waals surface area contributed by atoms with Gasteiger partial charge in [0.1, 0.15) is 11.5 Å². The van der Waals surface area contributed by atoms with Gasteiger partial charge in [0, 0.05) is 31.7 Å². The monoisotopic (exact) mass is 436 g/mol. The second kappa shape index (κ2) is 9.97. The van der Waals surface area contributed by atoms with Crippen LogP contribution in [0.1, 0.15) is 23.6 Å². The van der Waals surface area contributed by atoms with E-state index in [9.17, 15) is 14.7 Å². The van der Waals surface area contributed by atoms with E-state index in [2.05, 4.69) is 4.90 Å². The molecule has 32 heavy (non-hydrogen) atoms. The lowest BCUT2D eigenvalue weighted by atomic mass is 9.95. The third-order valence-electron chi connectivity index (χ3n) is 5.97. The molecule has 2 fully saturated rings. The van der Waals surface area contributed by atoms with Crippen molar-refractivity contribution in [3.05, 3.63) is 71.3 Å². The van der Waals surface area contributed by atoms with E-state index in [1.54, 1.807) is 36.3 Å². The van der Waals surface area contributed by atoms with Crippen LogP contribution in [0.3, 0.4) is 0 Å². The van der Waals surface area contributed by atoms with Crippen molar-refractivity contribution in [2.75, 3.05) is 46.5 Å². The molecule has 168 valence electrons. The Morgan fingerprint density at radius 2 is 1.81 bits per heavy atom. The Bertz CT molecular complexity index is 998. The predicted molar refractivity (Wildman–Crippen MR) is 120 cm³/mol. The quantitative estimate of drug-likeness (QED) is 0.409. The van der Waals surface area contributed by atoms with Gasteiger partial charge in [-0.1, -0.05) is 42.5 Å². The number of Topliss-reactive ketones (excluding diaryl/α,β-unsaturated/α-hetero) is 1. The molecule has 7 nitrogen and oxygen atoms in total. The number of morpholine rings is 1. The number of nitrogens with zero attached hydrogens (tertiary/aromatic N) is 2. The number of hydrogen-bond acceptors (Lipinski definition) is 6. The lowest BCUT2D eigenvalue weighted by molar-refractivity contribution is -0.140. The molecule has 2 aromatic carbocycles. The summed E-state index contributed by atoms with van der Waals surface area (Å²) >= 11 is 0. The molecule has 1 N–H and O–H groups in total. The zero-order chi connectivity index (χ0) is 22.5. The van der Waals surface area contributed by atoms with Crippen LogP contribution in [0, 0.1) is 0 Å². The summed E-state index contributed by atoms with van der Waals surface area (Å²) in [5.41, 5.74) is 1.35. The van der Waals surface area contributed by atoms with Gasteiger partial charge in [0.25, 0.3) is 11.7 Å². The largest absolute Gasteiger partial charge is 0.507 e. The highest BCUT2D eigenvalue weighted by atomic mass is 16.5. The minimum absolute atomic E-state index is 0.112. The molecule has 0 bridgehead atoms. The molecular weight excluding hydrogens is 408 g/mol. The number of aliphatic hydroxyl groups is 1. The number of ketones is 1. The number of rotatable bonds is 7. The maximum absolute atomic E-state index is 13.1. The summed E-state index contributed by atoms with van der Waals surface area (Å²) in [5, 5.41) is 11.0. The number of hydrogen-bond donors (Lipinski definition) is 1. The van der Waals surface area contributed by atoms with Crippen LogP contribution in [0.25, 0.3) is 5.76 Å². The van der Waals surface area contributed by atoms with Gasteiger partial charge in [0.05, 0.1) is 31.9 Å². The molecule has 0 spiro atoms. The van der Waals surface area contributed by atoms with Gasteiger partial charge in [-0.3, -0.25) is 14.5 Å². The average molecular weight is 437 g/mol. The van der Waals surface area contributed by atoms with Crippen LogP contribution in [-0.2, 0) is 14.3 Å². The van der Waals surface area contributed by atoms with E-state index in [4.69, 9.17) is 9.47 Å². The Labute approximate surface area is 187 Å². The van der Waals surface area contributed by atoms with Crippen LogP contribution >= 0.6 is 0 Å². The summed E-state index contributed by atoms with van der Waals surface area (Å²) in [5.74, 6) is -0.781. The fourth-order valence-electron chi connectivity index (χ4n) is 4.31. The molecule has 2 aliphatic heterocycles. The number of benzene rings is 2. The van der Waals surface area contributed by atoms with Crippen molar-refractivity contribution in [3.8, 4) is 5.75 Å². The van der Waals surface area contributed by atoms with Crippen LogP contribution in [-0.4, -0.2) is 73.1 Å². The summed E-state index contributed by atoms with van der Waals surface area (Å²) in [6.45, 7) is 4.39. The van der Waals surface area contributed by atoms with E-state index in [0.717, 1.165) is 31.6 Å². The second-order valence-corrected chi connectivity index (χ2v) is 7.94. The molecule has 0 aromatic heterocycles. The van der Waals surface area contributed by atoms with Crippen molar-refractivity contribution in [1.29, 1.82) is 0 Å². The van der Waals surface area contributed by atoms with E-state index in [0.29, 0.717) is 31.1 Å². The number of ether oxygens (including phenoxy) is 2. The van der Waals surface area contributed by atoms with Gasteiger partial charge in [-0.2, -0.15) is 0 Å². The summed E-state index contributed by atoms with van der Waals surface area (Å²) in [4.78, 5) is 30.0. The van der Waals surface area contributed by atoms with Crippen molar-refractivity contribution in [2.45, 2.75) is 12.5 Å². The highest BCUT2D eigenvalue weighted by molar-refractivity contribution is 6.46. The minimum Gasteiger partial charge on any atom is -0.507 e. The summed E-state index contributed by atoms with van der Waals surface area (Å²) in [6.07, 6.45) is 0.721. The summed E-state index contributed by atoms with van der Waals surface area (Å²) < 4.78 is 10.8. The Morgan fingerprint density at radius 3 is 2.53 bits per heavy atom. The van der Waals surface area contributed by atoms with Gasteiger partial charge in [0.15, 0.2) is 0 Å².